The second-order valence-corrected chi connectivity index (χ2v) is 6.75. The Balaban J connectivity index is 2.12. The van der Waals surface area contributed by atoms with E-state index in [1.54, 1.807) is 10.6 Å². The molecular weight excluding hydrogens is 294 g/mol. The first kappa shape index (κ1) is 15.8. The molecule has 1 atom stereocenters. The van der Waals surface area contributed by atoms with E-state index in [1.165, 1.54) is 0 Å². The Kier molecular flexibility index (Phi) is 4.02. The Hall–Kier alpha value is -2.08. The predicted octanol–water partition coefficient (Wildman–Crippen LogP) is 1.53. The fourth-order valence-corrected chi connectivity index (χ4v) is 3.84. The van der Waals surface area contributed by atoms with Gasteiger partial charge in [0.2, 0.25) is 5.91 Å². The lowest BCUT2D eigenvalue weighted by atomic mass is 9.76. The number of piperidine rings is 1. The summed E-state index contributed by atoms with van der Waals surface area (Å²) in [6, 6.07) is 7.32. The van der Waals surface area contributed by atoms with Gasteiger partial charge in [-0.05, 0) is 58.0 Å². The van der Waals surface area contributed by atoms with Crippen LogP contribution in [0.1, 0.15) is 26.2 Å². The zero-order chi connectivity index (χ0) is 16.6. The number of nitrogens with two attached hydrogens (primary N) is 1. The van der Waals surface area contributed by atoms with Crippen LogP contribution < -0.4 is 11.5 Å². The number of para-hydroxylation sites is 2. The zero-order valence-corrected chi connectivity index (χ0v) is 13.6. The maximum atomic E-state index is 12.5. The van der Waals surface area contributed by atoms with Gasteiger partial charge in [0, 0.05) is 0 Å². The lowest BCUT2D eigenvalue weighted by molar-refractivity contribution is -0.120. The lowest BCUT2D eigenvalue weighted by Gasteiger charge is -2.41. The number of hydrogen-bond donors (Lipinski definition) is 1. The molecule has 1 aliphatic heterocycles. The topological polar surface area (TPSA) is 81.5 Å². The molecule has 0 saturated carbocycles. The number of carbonyl (C=O) groups excluding carboxylic acids is 1. The van der Waals surface area contributed by atoms with Crippen LogP contribution in [0.15, 0.2) is 33.5 Å². The lowest BCUT2D eigenvalue weighted by Crippen LogP contribution is -2.49. The molecule has 0 aliphatic carbocycles. The molecule has 1 aliphatic rings. The largest absolute Gasteiger partial charge is 0.420 e. The molecule has 1 fully saturated rings. The molecule has 1 saturated heterocycles. The summed E-state index contributed by atoms with van der Waals surface area (Å²) < 4.78 is 7.03. The van der Waals surface area contributed by atoms with Gasteiger partial charge in [0.05, 0.1) is 17.5 Å². The van der Waals surface area contributed by atoms with Crippen molar-refractivity contribution in [3.63, 3.8) is 0 Å². The van der Waals surface area contributed by atoms with E-state index >= 15 is 0 Å². The highest BCUT2D eigenvalue weighted by Gasteiger charge is 2.41. The third kappa shape index (κ3) is 2.79. The smallest absolute Gasteiger partial charge is 0.408 e. The van der Waals surface area contributed by atoms with E-state index in [0.717, 1.165) is 31.4 Å². The summed E-state index contributed by atoms with van der Waals surface area (Å²) in [4.78, 5) is 26.5. The Labute approximate surface area is 134 Å². The van der Waals surface area contributed by atoms with Gasteiger partial charge in [-0.2, -0.15) is 0 Å². The SMILES string of the molecule is CN1CCC(C(C)(CC(N)=O)n2c(=O)oc3ccccc32)CC1. The minimum atomic E-state index is -0.670. The molecule has 6 nitrogen and oxygen atoms in total. The number of oxazole rings is 1. The number of carbonyl (C=O) groups is 1. The van der Waals surface area contributed by atoms with Crippen molar-refractivity contribution in [2.75, 3.05) is 20.1 Å². The van der Waals surface area contributed by atoms with Crippen molar-refractivity contribution in [1.82, 2.24) is 9.47 Å². The number of rotatable bonds is 4. The minimum absolute atomic E-state index is 0.130. The molecule has 1 unspecified atom stereocenters. The summed E-state index contributed by atoms with van der Waals surface area (Å²) in [6.45, 7) is 3.85. The molecule has 0 spiro atoms. The quantitative estimate of drug-likeness (QED) is 0.927. The van der Waals surface area contributed by atoms with Crippen molar-refractivity contribution in [3.05, 3.63) is 34.8 Å². The van der Waals surface area contributed by atoms with Crippen LogP contribution in [-0.2, 0) is 10.3 Å². The van der Waals surface area contributed by atoms with Crippen molar-refractivity contribution in [3.8, 4) is 0 Å². The summed E-state index contributed by atoms with van der Waals surface area (Å²) in [5.74, 6) is -0.623. The van der Waals surface area contributed by atoms with Gasteiger partial charge in [0.25, 0.3) is 0 Å². The van der Waals surface area contributed by atoms with E-state index in [9.17, 15) is 9.59 Å². The van der Waals surface area contributed by atoms with Gasteiger partial charge in [-0.3, -0.25) is 9.36 Å². The second kappa shape index (κ2) is 5.85. The highest BCUT2D eigenvalue weighted by molar-refractivity contribution is 5.76. The van der Waals surface area contributed by atoms with Crippen LogP contribution in [0.25, 0.3) is 11.1 Å². The first-order valence-corrected chi connectivity index (χ1v) is 8.00. The molecule has 2 heterocycles. The minimum Gasteiger partial charge on any atom is -0.408 e. The summed E-state index contributed by atoms with van der Waals surface area (Å²) in [5.41, 5.74) is 6.11. The zero-order valence-electron chi connectivity index (χ0n) is 13.6. The van der Waals surface area contributed by atoms with Crippen LogP contribution in [0.3, 0.4) is 0 Å². The van der Waals surface area contributed by atoms with E-state index < -0.39 is 17.2 Å². The fourth-order valence-electron chi connectivity index (χ4n) is 3.84. The Bertz CT molecular complexity index is 771. The van der Waals surface area contributed by atoms with Gasteiger partial charge in [-0.15, -0.1) is 0 Å². The number of fused-ring (bicyclic) bond motifs is 1. The second-order valence-electron chi connectivity index (χ2n) is 6.75. The summed E-state index contributed by atoms with van der Waals surface area (Å²) >= 11 is 0. The van der Waals surface area contributed by atoms with E-state index in [4.69, 9.17) is 10.2 Å². The van der Waals surface area contributed by atoms with Crippen LogP contribution in [0.4, 0.5) is 0 Å². The maximum absolute atomic E-state index is 12.5. The van der Waals surface area contributed by atoms with E-state index in [2.05, 4.69) is 11.9 Å². The van der Waals surface area contributed by atoms with Gasteiger partial charge in [0.1, 0.15) is 0 Å². The number of nitrogens with zero attached hydrogens (tertiary/aromatic N) is 2. The predicted molar refractivity (Wildman–Crippen MR) is 88.2 cm³/mol. The summed E-state index contributed by atoms with van der Waals surface area (Å²) in [7, 11) is 2.08. The number of amides is 1. The molecule has 0 radical (unpaired) electrons. The third-order valence-corrected chi connectivity index (χ3v) is 5.13. The molecular formula is C17H23N3O3. The van der Waals surface area contributed by atoms with Gasteiger partial charge in [-0.1, -0.05) is 12.1 Å². The molecule has 1 aromatic carbocycles. The van der Waals surface area contributed by atoms with Gasteiger partial charge in [-0.25, -0.2) is 4.79 Å². The van der Waals surface area contributed by atoms with Crippen LogP contribution in [0, 0.1) is 5.92 Å². The fraction of sp³-hybridized carbons (Fsp3) is 0.529. The van der Waals surface area contributed by atoms with Crippen molar-refractivity contribution in [2.45, 2.75) is 31.7 Å². The molecule has 23 heavy (non-hydrogen) atoms. The van der Waals surface area contributed by atoms with Crippen molar-refractivity contribution in [2.24, 2.45) is 11.7 Å². The molecule has 2 aromatic rings. The molecule has 0 bridgehead atoms. The Morgan fingerprint density at radius 2 is 2.00 bits per heavy atom. The Morgan fingerprint density at radius 3 is 2.65 bits per heavy atom. The summed E-state index contributed by atoms with van der Waals surface area (Å²) in [5, 5.41) is 0. The first-order valence-electron chi connectivity index (χ1n) is 8.00. The van der Waals surface area contributed by atoms with Crippen LogP contribution in [-0.4, -0.2) is 35.5 Å². The number of benzene rings is 1. The number of hydrogen-bond acceptors (Lipinski definition) is 4. The average molecular weight is 317 g/mol. The monoisotopic (exact) mass is 317 g/mol. The van der Waals surface area contributed by atoms with E-state index in [-0.39, 0.29) is 12.3 Å². The highest BCUT2D eigenvalue weighted by Crippen LogP contribution is 2.37. The Morgan fingerprint density at radius 1 is 1.35 bits per heavy atom. The van der Waals surface area contributed by atoms with Crippen molar-refractivity contribution < 1.29 is 9.21 Å². The van der Waals surface area contributed by atoms with E-state index in [0.29, 0.717) is 5.58 Å². The van der Waals surface area contributed by atoms with Crippen LogP contribution in [0.5, 0.6) is 0 Å². The van der Waals surface area contributed by atoms with Crippen molar-refractivity contribution >= 4 is 17.0 Å². The van der Waals surface area contributed by atoms with Gasteiger partial charge < -0.3 is 15.1 Å². The number of likely N-dealkylation sites (tertiary alicyclic amines) is 1. The molecule has 6 heteroatoms. The van der Waals surface area contributed by atoms with Crippen LogP contribution >= 0.6 is 0 Å². The molecule has 1 amide bonds. The summed E-state index contributed by atoms with van der Waals surface area (Å²) in [6.07, 6.45) is 1.98. The molecule has 124 valence electrons. The molecule has 1 aromatic heterocycles. The van der Waals surface area contributed by atoms with Gasteiger partial charge in [0.15, 0.2) is 5.58 Å². The standard InChI is InChI=1S/C17H23N3O3/c1-17(11-15(18)21,12-7-9-19(2)10-8-12)20-13-5-3-4-6-14(13)23-16(20)22/h3-6,12H,7-11H2,1-2H3,(H2,18,21). The maximum Gasteiger partial charge on any atom is 0.420 e. The first-order chi connectivity index (χ1) is 10.9. The van der Waals surface area contributed by atoms with Crippen molar-refractivity contribution in [1.29, 1.82) is 0 Å². The highest BCUT2D eigenvalue weighted by atomic mass is 16.4. The molecule has 2 N–H and O–H groups in total. The number of primary amides is 1. The van der Waals surface area contributed by atoms with E-state index in [1.807, 2.05) is 25.1 Å². The average Bonchev–Trinajstić information content (AvgIpc) is 2.83. The van der Waals surface area contributed by atoms with Crippen LogP contribution in [0.2, 0.25) is 0 Å². The molecule has 3 rings (SSSR count). The van der Waals surface area contributed by atoms with Gasteiger partial charge >= 0.3 is 5.76 Å². The third-order valence-electron chi connectivity index (χ3n) is 5.13. The normalized spacial score (nSPS) is 19.7. The number of aromatic nitrogens is 1.